The normalized spacial score (nSPS) is 11.4. The highest BCUT2D eigenvalue weighted by molar-refractivity contribution is 7.26. The Morgan fingerprint density at radius 2 is 0.878 bits per heavy atom. The van der Waals surface area contributed by atoms with Gasteiger partial charge < -0.3 is 0 Å². The summed E-state index contributed by atoms with van der Waals surface area (Å²) in [5.74, 6) is 2.00. The van der Waals surface area contributed by atoms with Crippen molar-refractivity contribution in [3.63, 3.8) is 0 Å². The number of thiophene rings is 1. The summed E-state index contributed by atoms with van der Waals surface area (Å²) >= 11 is 1.87. The van der Waals surface area contributed by atoms with E-state index in [0.29, 0.717) is 17.5 Å². The molecule has 0 fully saturated rings. The summed E-state index contributed by atoms with van der Waals surface area (Å²) < 4.78 is 2.68. The summed E-state index contributed by atoms with van der Waals surface area (Å²) in [7, 11) is 0. The molecule has 41 heavy (non-hydrogen) atoms. The zero-order valence-electron chi connectivity index (χ0n) is 22.0. The minimum absolute atomic E-state index is 0.662. The van der Waals surface area contributed by atoms with Crippen molar-refractivity contribution < 1.29 is 0 Å². The van der Waals surface area contributed by atoms with Crippen LogP contribution in [0.25, 0.3) is 76.2 Å². The van der Waals surface area contributed by atoms with E-state index < -0.39 is 0 Å². The third-order valence-corrected chi connectivity index (χ3v) is 8.76. The van der Waals surface area contributed by atoms with Gasteiger partial charge in [0.2, 0.25) is 0 Å². The number of hydrogen-bond acceptors (Lipinski definition) is 4. The zero-order valence-corrected chi connectivity index (χ0v) is 22.8. The van der Waals surface area contributed by atoms with Crippen LogP contribution in [0.5, 0.6) is 0 Å². The van der Waals surface area contributed by atoms with Crippen LogP contribution in [0.1, 0.15) is 0 Å². The fraction of sp³-hybridized carbons (Fsp3) is 0. The number of aromatic nitrogens is 3. The average molecular weight is 542 g/mol. The van der Waals surface area contributed by atoms with E-state index in [9.17, 15) is 0 Å². The van der Waals surface area contributed by atoms with Gasteiger partial charge in [0.25, 0.3) is 0 Å². The SMILES string of the molecule is c1ccc(-c2nc(-c3ccccc3)nc(-c3ccc(-c4ccc5c(ccc6c7ccccc7sc56)c4)cc3)n2)cc1. The van der Waals surface area contributed by atoms with Crippen LogP contribution in [-0.2, 0) is 0 Å². The fourth-order valence-electron chi connectivity index (χ4n) is 5.44. The highest BCUT2D eigenvalue weighted by atomic mass is 32.1. The number of benzene rings is 6. The summed E-state index contributed by atoms with van der Waals surface area (Å²) in [6.07, 6.45) is 0. The lowest BCUT2D eigenvalue weighted by atomic mass is 9.99. The van der Waals surface area contributed by atoms with Gasteiger partial charge in [-0.15, -0.1) is 11.3 Å². The molecule has 0 amide bonds. The molecule has 4 heteroatoms. The third kappa shape index (κ3) is 4.26. The summed E-state index contributed by atoms with van der Waals surface area (Å²) in [4.78, 5) is 14.5. The van der Waals surface area contributed by atoms with Crippen LogP contribution < -0.4 is 0 Å². The Bertz CT molecular complexity index is 2130. The van der Waals surface area contributed by atoms with Crippen LogP contribution >= 0.6 is 11.3 Å². The van der Waals surface area contributed by atoms with Gasteiger partial charge in [-0.25, -0.2) is 15.0 Å². The molecule has 2 heterocycles. The van der Waals surface area contributed by atoms with Crippen LogP contribution in [0.15, 0.2) is 140 Å². The summed E-state index contributed by atoms with van der Waals surface area (Å²) in [5, 5.41) is 5.22. The van der Waals surface area contributed by atoms with Crippen molar-refractivity contribution in [3.05, 3.63) is 140 Å². The van der Waals surface area contributed by atoms with E-state index in [1.54, 1.807) is 0 Å². The topological polar surface area (TPSA) is 38.7 Å². The van der Waals surface area contributed by atoms with Crippen LogP contribution in [0.2, 0.25) is 0 Å². The molecule has 0 saturated heterocycles. The van der Waals surface area contributed by atoms with Crippen molar-refractivity contribution in [1.29, 1.82) is 0 Å². The lowest BCUT2D eigenvalue weighted by Gasteiger charge is -2.09. The monoisotopic (exact) mass is 541 g/mol. The minimum atomic E-state index is 0.662. The highest BCUT2D eigenvalue weighted by Crippen LogP contribution is 2.39. The molecule has 0 atom stereocenters. The molecule has 0 saturated carbocycles. The van der Waals surface area contributed by atoms with Gasteiger partial charge in [-0.2, -0.15) is 0 Å². The van der Waals surface area contributed by atoms with Crippen LogP contribution in [-0.4, -0.2) is 15.0 Å². The van der Waals surface area contributed by atoms with Crippen LogP contribution in [0.3, 0.4) is 0 Å². The molecule has 6 aromatic carbocycles. The molecule has 0 aliphatic rings. The van der Waals surface area contributed by atoms with E-state index in [1.807, 2.05) is 72.0 Å². The van der Waals surface area contributed by atoms with Crippen LogP contribution in [0.4, 0.5) is 0 Å². The van der Waals surface area contributed by atoms with Crippen molar-refractivity contribution in [1.82, 2.24) is 15.0 Å². The molecular weight excluding hydrogens is 518 g/mol. The molecule has 0 aliphatic carbocycles. The highest BCUT2D eigenvalue weighted by Gasteiger charge is 2.13. The summed E-state index contributed by atoms with van der Waals surface area (Å²) in [5.41, 5.74) is 5.24. The molecule has 0 radical (unpaired) electrons. The van der Waals surface area contributed by atoms with Gasteiger partial charge in [0.15, 0.2) is 17.5 Å². The summed E-state index contributed by atoms with van der Waals surface area (Å²) in [6.45, 7) is 0. The maximum absolute atomic E-state index is 4.87. The van der Waals surface area contributed by atoms with Crippen molar-refractivity contribution in [2.45, 2.75) is 0 Å². The molecule has 3 nitrogen and oxygen atoms in total. The Hall–Kier alpha value is -5.19. The number of hydrogen-bond donors (Lipinski definition) is 0. The number of nitrogens with zero attached hydrogens (tertiary/aromatic N) is 3. The van der Waals surface area contributed by atoms with E-state index >= 15 is 0 Å². The van der Waals surface area contributed by atoms with Gasteiger partial charge >= 0.3 is 0 Å². The smallest absolute Gasteiger partial charge is 0.164 e. The second-order valence-electron chi connectivity index (χ2n) is 10.1. The first-order valence-corrected chi connectivity index (χ1v) is 14.4. The quantitative estimate of drug-likeness (QED) is 0.222. The largest absolute Gasteiger partial charge is 0.208 e. The second kappa shape index (κ2) is 9.77. The molecule has 192 valence electrons. The lowest BCUT2D eigenvalue weighted by molar-refractivity contribution is 1.07. The lowest BCUT2D eigenvalue weighted by Crippen LogP contribution is -2.00. The first-order chi connectivity index (χ1) is 20.3. The molecule has 0 unspecified atom stereocenters. The van der Waals surface area contributed by atoms with Gasteiger partial charge in [-0.05, 0) is 34.0 Å². The fourth-order valence-corrected chi connectivity index (χ4v) is 6.68. The Morgan fingerprint density at radius 3 is 1.54 bits per heavy atom. The van der Waals surface area contributed by atoms with E-state index in [4.69, 9.17) is 15.0 Å². The number of fused-ring (bicyclic) bond motifs is 5. The van der Waals surface area contributed by atoms with Gasteiger partial charge in [0.05, 0.1) is 0 Å². The van der Waals surface area contributed by atoms with E-state index in [2.05, 4.69) is 78.9 Å². The van der Waals surface area contributed by atoms with Crippen molar-refractivity contribution in [2.24, 2.45) is 0 Å². The Kier molecular flexibility index (Phi) is 5.64. The predicted molar refractivity (Wildman–Crippen MR) is 172 cm³/mol. The Balaban J connectivity index is 1.18. The van der Waals surface area contributed by atoms with Gasteiger partial charge in [-0.3, -0.25) is 0 Å². The van der Waals surface area contributed by atoms with Crippen molar-refractivity contribution in [3.8, 4) is 45.3 Å². The molecule has 0 spiro atoms. The molecule has 8 aromatic rings. The molecule has 0 bridgehead atoms. The summed E-state index contributed by atoms with van der Waals surface area (Å²) in [6, 6.07) is 48.6. The van der Waals surface area contributed by atoms with Crippen LogP contribution in [0, 0.1) is 0 Å². The zero-order chi connectivity index (χ0) is 27.2. The average Bonchev–Trinajstić information content (AvgIpc) is 3.44. The maximum atomic E-state index is 4.87. The maximum Gasteiger partial charge on any atom is 0.164 e. The standard InChI is InChI=1S/C37H23N3S/c1-3-9-25(10-4-1)35-38-36(26-11-5-2-6-12-26)40-37(39-35)27-17-15-24(16-18-27)28-19-21-30-29(23-28)20-22-32-31-13-7-8-14-33(31)41-34(30)32/h1-23H. The van der Waals surface area contributed by atoms with Crippen molar-refractivity contribution in [2.75, 3.05) is 0 Å². The third-order valence-electron chi connectivity index (χ3n) is 7.54. The van der Waals surface area contributed by atoms with E-state index in [-0.39, 0.29) is 0 Å². The van der Waals surface area contributed by atoms with Gasteiger partial charge in [0.1, 0.15) is 0 Å². The van der Waals surface area contributed by atoms with Gasteiger partial charge in [0, 0.05) is 36.9 Å². The molecular formula is C37H23N3S. The first kappa shape index (κ1) is 23.7. The minimum Gasteiger partial charge on any atom is -0.208 e. The predicted octanol–water partition coefficient (Wildman–Crippen LogP) is 10.1. The molecule has 0 N–H and O–H groups in total. The molecule has 2 aromatic heterocycles. The second-order valence-corrected chi connectivity index (χ2v) is 11.1. The van der Waals surface area contributed by atoms with Gasteiger partial charge in [-0.1, -0.05) is 127 Å². The van der Waals surface area contributed by atoms with Crippen molar-refractivity contribution >= 4 is 42.3 Å². The molecule has 0 aliphatic heterocycles. The Morgan fingerprint density at radius 1 is 0.366 bits per heavy atom. The van der Waals surface area contributed by atoms with E-state index in [1.165, 1.54) is 36.5 Å². The van der Waals surface area contributed by atoms with E-state index in [0.717, 1.165) is 22.3 Å². The first-order valence-electron chi connectivity index (χ1n) is 13.6. The molecule has 8 rings (SSSR count). The number of rotatable bonds is 4. The Labute approximate surface area is 241 Å².